The van der Waals surface area contributed by atoms with Crippen LogP contribution in [0.4, 0.5) is 10.1 Å². The number of nitro benzene ring substituents is 1. The Morgan fingerprint density at radius 1 is 1.05 bits per heavy atom. The van der Waals surface area contributed by atoms with E-state index in [1.807, 2.05) is 54.1 Å². The molecule has 3 aromatic carbocycles. The van der Waals surface area contributed by atoms with Crippen LogP contribution in [0, 0.1) is 15.9 Å². The maximum atomic E-state index is 14.4. The van der Waals surface area contributed by atoms with Crippen LogP contribution in [0.3, 0.4) is 0 Å². The monoisotopic (exact) mass is 558 g/mol. The fraction of sp³-hybridized carbons (Fsp3) is 0.364. The van der Waals surface area contributed by atoms with Gasteiger partial charge in [-0.1, -0.05) is 56.3 Å². The highest BCUT2D eigenvalue weighted by Gasteiger charge is 2.25. The summed E-state index contributed by atoms with van der Waals surface area (Å²) in [7, 11) is 0. The number of benzene rings is 3. The molecule has 2 atom stereocenters. The van der Waals surface area contributed by atoms with E-state index in [2.05, 4.69) is 24.1 Å². The molecule has 7 nitrogen and oxygen atoms in total. The predicted molar refractivity (Wildman–Crippen MR) is 162 cm³/mol. The molecule has 1 heterocycles. The number of carbonyl (C=O) groups is 1. The van der Waals surface area contributed by atoms with Crippen molar-refractivity contribution in [1.82, 2.24) is 14.8 Å². The standard InChI is InChI=1S/C33H39FN4O3/c1-4-36(5-2)18-10-11-24(3)35-33(39)21-29(26-14-9-15-27(34)19-26)31-23-37(22-25-12-7-6-8-13-25)32-17-16-28(38(40)41)20-30(31)32/h6-9,12-17,19-20,23-24,29H,4-5,10-11,18,21-22H2,1-3H3,(H,35,39)/t24-,29+/m1/s1. The van der Waals surface area contributed by atoms with Crippen molar-refractivity contribution in [1.29, 1.82) is 0 Å². The highest BCUT2D eigenvalue weighted by molar-refractivity contribution is 5.88. The Morgan fingerprint density at radius 3 is 2.49 bits per heavy atom. The molecule has 0 radical (unpaired) electrons. The van der Waals surface area contributed by atoms with Crippen molar-refractivity contribution >= 4 is 22.5 Å². The molecule has 0 aliphatic heterocycles. The van der Waals surface area contributed by atoms with Crippen molar-refractivity contribution in [3.63, 3.8) is 0 Å². The number of aromatic nitrogens is 1. The Kier molecular flexibility index (Phi) is 10.2. The van der Waals surface area contributed by atoms with E-state index in [1.54, 1.807) is 18.2 Å². The zero-order chi connectivity index (χ0) is 29.4. The number of nitrogens with one attached hydrogen (secondary N) is 1. The lowest BCUT2D eigenvalue weighted by molar-refractivity contribution is -0.384. The lowest BCUT2D eigenvalue weighted by Crippen LogP contribution is -2.34. The minimum absolute atomic E-state index is 0.00766. The van der Waals surface area contributed by atoms with Gasteiger partial charge >= 0.3 is 0 Å². The van der Waals surface area contributed by atoms with E-state index in [0.717, 1.165) is 49.1 Å². The summed E-state index contributed by atoms with van der Waals surface area (Å²) >= 11 is 0. The van der Waals surface area contributed by atoms with Gasteiger partial charge in [-0.25, -0.2) is 4.39 Å². The molecule has 8 heteroatoms. The Labute approximate surface area is 241 Å². The van der Waals surface area contributed by atoms with Crippen LogP contribution in [0.25, 0.3) is 10.9 Å². The first-order valence-electron chi connectivity index (χ1n) is 14.4. The van der Waals surface area contributed by atoms with Crippen LogP contribution >= 0.6 is 0 Å². The molecule has 0 aliphatic rings. The van der Waals surface area contributed by atoms with Crippen molar-refractivity contribution in [2.24, 2.45) is 0 Å². The van der Waals surface area contributed by atoms with E-state index < -0.39 is 16.7 Å². The van der Waals surface area contributed by atoms with Gasteiger partial charge in [0, 0.05) is 54.2 Å². The van der Waals surface area contributed by atoms with E-state index >= 15 is 0 Å². The number of amides is 1. The number of fused-ring (bicyclic) bond motifs is 1. The molecule has 0 unspecified atom stereocenters. The minimum atomic E-state index is -0.491. The summed E-state index contributed by atoms with van der Waals surface area (Å²) in [4.78, 5) is 27.0. The summed E-state index contributed by atoms with van der Waals surface area (Å²) in [5, 5.41) is 15.5. The second kappa shape index (κ2) is 14.0. The molecular weight excluding hydrogens is 519 g/mol. The largest absolute Gasteiger partial charge is 0.354 e. The Morgan fingerprint density at radius 2 is 1.80 bits per heavy atom. The number of hydrogen-bond donors (Lipinski definition) is 1. The molecule has 4 aromatic rings. The lowest BCUT2D eigenvalue weighted by atomic mass is 9.87. The smallest absolute Gasteiger partial charge is 0.270 e. The predicted octanol–water partition coefficient (Wildman–Crippen LogP) is 6.89. The SMILES string of the molecule is CCN(CC)CCC[C@@H](C)NC(=O)C[C@@H](c1cccc(F)c1)c1cn(Cc2ccccc2)c2ccc([N+](=O)[O-])cc12. The maximum Gasteiger partial charge on any atom is 0.270 e. The van der Waals surface area contributed by atoms with Gasteiger partial charge in [0.05, 0.1) is 4.92 Å². The first kappa shape index (κ1) is 29.9. The zero-order valence-corrected chi connectivity index (χ0v) is 24.1. The van der Waals surface area contributed by atoms with Crippen molar-refractivity contribution in [3.8, 4) is 0 Å². The van der Waals surface area contributed by atoms with E-state index in [0.29, 0.717) is 17.5 Å². The fourth-order valence-corrected chi connectivity index (χ4v) is 5.50. The van der Waals surface area contributed by atoms with Gasteiger partial charge in [0.25, 0.3) is 5.69 Å². The van der Waals surface area contributed by atoms with Gasteiger partial charge in [0.1, 0.15) is 5.82 Å². The Balaban J connectivity index is 1.67. The maximum absolute atomic E-state index is 14.4. The van der Waals surface area contributed by atoms with Crippen LogP contribution in [0.15, 0.2) is 79.0 Å². The molecule has 0 spiro atoms. The minimum Gasteiger partial charge on any atom is -0.354 e. The molecular formula is C33H39FN4O3. The third kappa shape index (κ3) is 7.79. The van der Waals surface area contributed by atoms with Gasteiger partial charge in [-0.15, -0.1) is 0 Å². The lowest BCUT2D eigenvalue weighted by Gasteiger charge is -2.21. The van der Waals surface area contributed by atoms with Crippen LogP contribution in [0.1, 0.15) is 62.6 Å². The summed E-state index contributed by atoms with van der Waals surface area (Å²) < 4.78 is 16.5. The number of halogens is 1. The number of non-ortho nitro benzene ring substituents is 1. The average Bonchev–Trinajstić information content (AvgIpc) is 3.31. The van der Waals surface area contributed by atoms with Crippen molar-refractivity contribution in [2.75, 3.05) is 19.6 Å². The van der Waals surface area contributed by atoms with Crippen LogP contribution in [0.5, 0.6) is 0 Å². The van der Waals surface area contributed by atoms with Crippen LogP contribution in [-0.4, -0.2) is 46.0 Å². The third-order valence-electron chi connectivity index (χ3n) is 7.73. The highest BCUT2D eigenvalue weighted by atomic mass is 19.1. The molecule has 41 heavy (non-hydrogen) atoms. The van der Waals surface area contributed by atoms with Gasteiger partial charge < -0.3 is 14.8 Å². The van der Waals surface area contributed by atoms with Crippen molar-refractivity contribution in [3.05, 3.63) is 112 Å². The molecule has 216 valence electrons. The van der Waals surface area contributed by atoms with Gasteiger partial charge in [0.15, 0.2) is 0 Å². The quantitative estimate of drug-likeness (QED) is 0.135. The first-order valence-corrected chi connectivity index (χ1v) is 14.4. The Hall–Kier alpha value is -4.04. The topological polar surface area (TPSA) is 80.4 Å². The molecule has 1 N–H and O–H groups in total. The van der Waals surface area contributed by atoms with Crippen LogP contribution < -0.4 is 5.32 Å². The summed E-state index contributed by atoms with van der Waals surface area (Å²) in [5.74, 6) is -1.02. The molecule has 1 amide bonds. The van der Waals surface area contributed by atoms with E-state index in [-0.39, 0.29) is 24.1 Å². The summed E-state index contributed by atoms with van der Waals surface area (Å²) in [6.45, 7) is 9.84. The molecule has 0 bridgehead atoms. The van der Waals surface area contributed by atoms with Crippen LogP contribution in [0.2, 0.25) is 0 Å². The van der Waals surface area contributed by atoms with Gasteiger partial charge in [0.2, 0.25) is 5.91 Å². The number of nitro groups is 1. The van der Waals surface area contributed by atoms with Gasteiger partial charge in [-0.05, 0) is 74.3 Å². The number of rotatable bonds is 14. The van der Waals surface area contributed by atoms with E-state index in [9.17, 15) is 19.3 Å². The molecule has 1 aromatic heterocycles. The normalized spacial score (nSPS) is 12.9. The van der Waals surface area contributed by atoms with Crippen LogP contribution in [-0.2, 0) is 11.3 Å². The number of hydrogen-bond acceptors (Lipinski definition) is 4. The average molecular weight is 559 g/mol. The highest BCUT2D eigenvalue weighted by Crippen LogP contribution is 2.37. The fourth-order valence-electron chi connectivity index (χ4n) is 5.50. The second-order valence-corrected chi connectivity index (χ2v) is 10.6. The third-order valence-corrected chi connectivity index (χ3v) is 7.73. The molecule has 0 saturated carbocycles. The van der Waals surface area contributed by atoms with E-state index in [1.165, 1.54) is 18.2 Å². The second-order valence-electron chi connectivity index (χ2n) is 10.6. The van der Waals surface area contributed by atoms with Crippen molar-refractivity contribution < 1.29 is 14.1 Å². The number of nitrogens with zero attached hydrogens (tertiary/aromatic N) is 3. The van der Waals surface area contributed by atoms with Gasteiger partial charge in [-0.2, -0.15) is 0 Å². The molecule has 0 saturated heterocycles. The summed E-state index contributed by atoms with van der Waals surface area (Å²) in [6.07, 6.45) is 3.89. The molecule has 0 aliphatic carbocycles. The Bertz CT molecular complexity index is 1470. The van der Waals surface area contributed by atoms with Crippen molar-refractivity contribution in [2.45, 2.75) is 58.5 Å². The molecule has 0 fully saturated rings. The molecule has 4 rings (SSSR count). The number of carbonyl (C=O) groups excluding carboxylic acids is 1. The van der Waals surface area contributed by atoms with E-state index in [4.69, 9.17) is 0 Å². The van der Waals surface area contributed by atoms with Gasteiger partial charge in [-0.3, -0.25) is 14.9 Å². The first-order chi connectivity index (χ1) is 19.8. The summed E-state index contributed by atoms with van der Waals surface area (Å²) in [6, 6.07) is 21.0. The zero-order valence-electron chi connectivity index (χ0n) is 24.1. The summed E-state index contributed by atoms with van der Waals surface area (Å²) in [5.41, 5.74) is 3.28.